The van der Waals surface area contributed by atoms with E-state index in [1.807, 2.05) is 30.3 Å². The normalized spacial score (nSPS) is 11.8. The van der Waals surface area contributed by atoms with Crippen molar-refractivity contribution in [1.29, 1.82) is 0 Å². The van der Waals surface area contributed by atoms with Crippen LogP contribution in [0.1, 0.15) is 0 Å². The standard InChI is InChI=1S/C56H32O4/c57-54-47-25-27-52-53(55(58)46-20-5-6-21-50(46)59-52)56(47)60-51-26-23-40(32-49(51)54)38-15-9-13-36(30-38)34-11-7-10-33(28-34)35-12-8-14-37(29-35)39-22-24-45-43-18-2-1-16-41(43)42-17-3-4-19-44(42)48(45)31-39/h1-32H. The minimum absolute atomic E-state index is 0.195. The van der Waals surface area contributed by atoms with Gasteiger partial charge in [-0.25, -0.2) is 0 Å². The molecule has 0 aliphatic rings. The van der Waals surface area contributed by atoms with E-state index in [9.17, 15) is 9.59 Å². The summed E-state index contributed by atoms with van der Waals surface area (Å²) in [5.41, 5.74) is 9.74. The van der Waals surface area contributed by atoms with E-state index in [-0.39, 0.29) is 21.8 Å². The van der Waals surface area contributed by atoms with Crippen molar-refractivity contribution in [3.63, 3.8) is 0 Å². The van der Waals surface area contributed by atoms with Gasteiger partial charge < -0.3 is 8.83 Å². The molecule has 12 aromatic rings. The minimum atomic E-state index is -0.224. The van der Waals surface area contributed by atoms with Crippen LogP contribution in [0.2, 0.25) is 0 Å². The zero-order valence-corrected chi connectivity index (χ0v) is 32.1. The summed E-state index contributed by atoms with van der Waals surface area (Å²) < 4.78 is 12.4. The van der Waals surface area contributed by atoms with E-state index in [0.717, 1.165) is 38.9 Å². The molecule has 280 valence electrons. The third-order valence-corrected chi connectivity index (χ3v) is 12.0. The molecule has 4 heteroatoms. The lowest BCUT2D eigenvalue weighted by Gasteiger charge is -2.13. The molecule has 2 aromatic heterocycles. The highest BCUT2D eigenvalue weighted by Crippen LogP contribution is 2.38. The first kappa shape index (κ1) is 34.0. The fourth-order valence-corrected chi connectivity index (χ4v) is 9.10. The molecule has 60 heavy (non-hydrogen) atoms. The van der Waals surface area contributed by atoms with Crippen molar-refractivity contribution in [2.24, 2.45) is 0 Å². The Labute approximate surface area is 342 Å². The van der Waals surface area contributed by atoms with E-state index in [0.29, 0.717) is 32.9 Å². The predicted octanol–water partition coefficient (Wildman–Crippen LogP) is 14.3. The van der Waals surface area contributed by atoms with Crippen molar-refractivity contribution in [3.05, 3.63) is 215 Å². The number of benzene rings is 10. The van der Waals surface area contributed by atoms with Crippen LogP contribution in [0, 0.1) is 0 Å². The maximum atomic E-state index is 14.0. The van der Waals surface area contributed by atoms with Crippen LogP contribution in [-0.2, 0) is 0 Å². The third-order valence-electron chi connectivity index (χ3n) is 12.0. The number of para-hydroxylation sites is 1. The van der Waals surface area contributed by atoms with Crippen molar-refractivity contribution in [2.45, 2.75) is 0 Å². The first-order valence-electron chi connectivity index (χ1n) is 20.1. The second kappa shape index (κ2) is 13.2. The van der Waals surface area contributed by atoms with Gasteiger partial charge in [-0.1, -0.05) is 133 Å². The Morgan fingerprint density at radius 2 is 0.650 bits per heavy atom. The molecule has 0 atom stereocenters. The van der Waals surface area contributed by atoms with Gasteiger partial charge in [-0.3, -0.25) is 9.59 Å². The van der Waals surface area contributed by atoms with Crippen LogP contribution in [0.4, 0.5) is 0 Å². The van der Waals surface area contributed by atoms with Crippen molar-refractivity contribution < 1.29 is 8.83 Å². The molecule has 0 saturated heterocycles. The molecule has 2 heterocycles. The van der Waals surface area contributed by atoms with Crippen LogP contribution in [0.5, 0.6) is 0 Å². The summed E-state index contributed by atoms with van der Waals surface area (Å²) in [5, 5.41) is 9.10. The SMILES string of the molecule is O=c1c2cc(-c3cccc(-c4cccc(-c5cccc(-c6ccc7c8ccccc8c8ccccc8c7c6)c5)c4)c3)ccc2oc2c1ccc1oc3ccccc3c(=O)c12. The molecular formula is C56H32O4. The largest absolute Gasteiger partial charge is 0.456 e. The van der Waals surface area contributed by atoms with Crippen LogP contribution in [0.15, 0.2) is 213 Å². The second-order valence-corrected chi connectivity index (χ2v) is 15.5. The van der Waals surface area contributed by atoms with Gasteiger partial charge in [-0.05, 0) is 137 Å². The Morgan fingerprint density at radius 1 is 0.250 bits per heavy atom. The maximum Gasteiger partial charge on any atom is 0.204 e. The summed E-state index contributed by atoms with van der Waals surface area (Å²) in [6, 6.07) is 66.2. The maximum absolute atomic E-state index is 14.0. The summed E-state index contributed by atoms with van der Waals surface area (Å²) in [4.78, 5) is 27.6. The fourth-order valence-electron chi connectivity index (χ4n) is 9.10. The first-order valence-corrected chi connectivity index (χ1v) is 20.1. The monoisotopic (exact) mass is 768 g/mol. The van der Waals surface area contributed by atoms with Crippen LogP contribution in [0.25, 0.3) is 121 Å². The third kappa shape index (κ3) is 5.32. The average Bonchev–Trinajstić information content (AvgIpc) is 3.31. The van der Waals surface area contributed by atoms with Gasteiger partial charge >= 0.3 is 0 Å². The number of hydrogen-bond acceptors (Lipinski definition) is 4. The van der Waals surface area contributed by atoms with Crippen molar-refractivity contribution >= 4 is 76.2 Å². The summed E-state index contributed by atoms with van der Waals surface area (Å²) in [6.07, 6.45) is 0. The molecule has 0 aliphatic carbocycles. The Bertz CT molecular complexity index is 3850. The molecular weight excluding hydrogens is 737 g/mol. The lowest BCUT2D eigenvalue weighted by atomic mass is 9.91. The van der Waals surface area contributed by atoms with Crippen LogP contribution in [-0.4, -0.2) is 0 Å². The van der Waals surface area contributed by atoms with Crippen molar-refractivity contribution in [2.75, 3.05) is 0 Å². The van der Waals surface area contributed by atoms with Crippen molar-refractivity contribution in [1.82, 2.24) is 0 Å². The van der Waals surface area contributed by atoms with Gasteiger partial charge in [0.15, 0.2) is 5.58 Å². The van der Waals surface area contributed by atoms with E-state index >= 15 is 0 Å². The van der Waals surface area contributed by atoms with E-state index < -0.39 is 0 Å². The Balaban J connectivity index is 0.899. The molecule has 0 unspecified atom stereocenters. The van der Waals surface area contributed by atoms with Crippen molar-refractivity contribution in [3.8, 4) is 44.5 Å². The zero-order valence-electron chi connectivity index (χ0n) is 32.1. The zero-order chi connectivity index (χ0) is 39.9. The van der Waals surface area contributed by atoms with E-state index in [1.54, 1.807) is 30.3 Å². The lowest BCUT2D eigenvalue weighted by Crippen LogP contribution is -2.07. The topological polar surface area (TPSA) is 60.4 Å². The molecule has 0 fully saturated rings. The predicted molar refractivity (Wildman–Crippen MR) is 248 cm³/mol. The number of rotatable bonds is 4. The van der Waals surface area contributed by atoms with Gasteiger partial charge in [0, 0.05) is 0 Å². The van der Waals surface area contributed by atoms with Crippen LogP contribution >= 0.6 is 0 Å². The van der Waals surface area contributed by atoms with Gasteiger partial charge in [0.05, 0.1) is 16.2 Å². The Hall–Kier alpha value is -8.08. The molecule has 0 N–H and O–H groups in total. The molecule has 0 aliphatic heterocycles. The van der Waals surface area contributed by atoms with Crippen LogP contribution in [0.3, 0.4) is 0 Å². The van der Waals surface area contributed by atoms with Gasteiger partial charge in [-0.2, -0.15) is 0 Å². The fraction of sp³-hybridized carbons (Fsp3) is 0. The Morgan fingerprint density at radius 3 is 1.22 bits per heavy atom. The highest BCUT2D eigenvalue weighted by Gasteiger charge is 2.17. The Kier molecular flexibility index (Phi) is 7.50. The molecule has 4 nitrogen and oxygen atoms in total. The highest BCUT2D eigenvalue weighted by molar-refractivity contribution is 6.25. The molecule has 10 aromatic carbocycles. The molecule has 0 radical (unpaired) electrons. The van der Waals surface area contributed by atoms with E-state index in [4.69, 9.17) is 8.83 Å². The van der Waals surface area contributed by atoms with E-state index in [2.05, 4.69) is 133 Å². The lowest BCUT2D eigenvalue weighted by molar-refractivity contribution is 0.649. The van der Waals surface area contributed by atoms with Gasteiger partial charge in [-0.15, -0.1) is 0 Å². The smallest absolute Gasteiger partial charge is 0.204 e. The van der Waals surface area contributed by atoms with Gasteiger partial charge in [0.2, 0.25) is 10.9 Å². The summed E-state index contributed by atoms with van der Waals surface area (Å²) in [5.74, 6) is 0. The quantitative estimate of drug-likeness (QED) is 0.132. The van der Waals surface area contributed by atoms with Gasteiger partial charge in [0.1, 0.15) is 22.1 Å². The summed E-state index contributed by atoms with van der Waals surface area (Å²) in [6.45, 7) is 0. The van der Waals surface area contributed by atoms with Crippen LogP contribution < -0.4 is 10.9 Å². The minimum Gasteiger partial charge on any atom is -0.456 e. The average molecular weight is 769 g/mol. The summed E-state index contributed by atoms with van der Waals surface area (Å²) in [7, 11) is 0. The molecule has 0 amide bonds. The van der Waals surface area contributed by atoms with Gasteiger partial charge in [0.25, 0.3) is 0 Å². The molecule has 0 bridgehead atoms. The van der Waals surface area contributed by atoms with E-state index in [1.165, 1.54) is 37.9 Å². The number of hydrogen-bond donors (Lipinski definition) is 0. The first-order chi connectivity index (χ1) is 29.6. The molecule has 0 saturated carbocycles. The second-order valence-electron chi connectivity index (χ2n) is 15.5. The number of fused-ring (bicyclic) bond motifs is 11. The molecule has 0 spiro atoms. The highest BCUT2D eigenvalue weighted by atomic mass is 16.3. The molecule has 12 rings (SSSR count). The summed E-state index contributed by atoms with van der Waals surface area (Å²) >= 11 is 0.